The van der Waals surface area contributed by atoms with Gasteiger partial charge in [-0.1, -0.05) is 11.6 Å². The van der Waals surface area contributed by atoms with Gasteiger partial charge in [0, 0.05) is 10.9 Å². The van der Waals surface area contributed by atoms with Crippen LogP contribution in [0.3, 0.4) is 0 Å². The van der Waals surface area contributed by atoms with E-state index in [1.807, 2.05) is 18.2 Å². The number of carbonyl (C=O) groups is 1. The van der Waals surface area contributed by atoms with E-state index >= 15 is 0 Å². The molecule has 1 unspecified atom stereocenters. The lowest BCUT2D eigenvalue weighted by atomic mass is 10.00. The number of H-pyrrole nitrogens is 1. The van der Waals surface area contributed by atoms with Gasteiger partial charge in [0.2, 0.25) is 5.91 Å². The molecule has 1 aromatic carbocycles. The molecule has 1 saturated heterocycles. The highest BCUT2D eigenvalue weighted by molar-refractivity contribution is 6.31. The minimum Gasteiger partial charge on any atom is -0.349 e. The number of halogens is 3. The van der Waals surface area contributed by atoms with Crippen LogP contribution >= 0.6 is 36.4 Å². The number of aromatic nitrogens is 2. The summed E-state index contributed by atoms with van der Waals surface area (Å²) >= 11 is 5.95. The van der Waals surface area contributed by atoms with Gasteiger partial charge in [-0.25, -0.2) is 4.98 Å². The molecule has 1 aliphatic heterocycles. The number of nitrogens with zero attached hydrogens (tertiary/aromatic N) is 1. The van der Waals surface area contributed by atoms with Crippen molar-refractivity contribution in [3.05, 3.63) is 29.0 Å². The van der Waals surface area contributed by atoms with Crippen LogP contribution in [0.4, 0.5) is 0 Å². The molecule has 0 bridgehead atoms. The maximum Gasteiger partial charge on any atom is 0.223 e. The number of benzene rings is 1. The molecule has 2 aromatic rings. The second kappa shape index (κ2) is 9.33. The van der Waals surface area contributed by atoms with Crippen molar-refractivity contribution >= 4 is 53.4 Å². The first-order chi connectivity index (χ1) is 10.2. The predicted molar refractivity (Wildman–Crippen MR) is 97.7 cm³/mol. The van der Waals surface area contributed by atoms with Crippen molar-refractivity contribution in [3.8, 4) is 0 Å². The van der Waals surface area contributed by atoms with Crippen molar-refractivity contribution < 1.29 is 4.79 Å². The third-order valence-corrected chi connectivity index (χ3v) is 4.10. The third kappa shape index (κ3) is 5.24. The molecule has 3 N–H and O–H groups in total. The van der Waals surface area contributed by atoms with Gasteiger partial charge >= 0.3 is 0 Å². The molecule has 128 valence electrons. The Kier molecular flexibility index (Phi) is 8.12. The summed E-state index contributed by atoms with van der Waals surface area (Å²) in [5, 5.41) is 6.97. The van der Waals surface area contributed by atoms with E-state index in [-0.39, 0.29) is 36.6 Å². The minimum absolute atomic E-state index is 0. The van der Waals surface area contributed by atoms with Crippen LogP contribution in [-0.2, 0) is 11.3 Å². The van der Waals surface area contributed by atoms with Crippen LogP contribution in [0, 0.1) is 5.92 Å². The topological polar surface area (TPSA) is 69.8 Å². The van der Waals surface area contributed by atoms with Crippen molar-refractivity contribution in [1.82, 2.24) is 20.6 Å². The summed E-state index contributed by atoms with van der Waals surface area (Å²) in [7, 11) is 0. The molecule has 1 fully saturated rings. The smallest absolute Gasteiger partial charge is 0.223 e. The Morgan fingerprint density at radius 3 is 2.96 bits per heavy atom. The molecule has 0 saturated carbocycles. The number of imidazole rings is 1. The maximum atomic E-state index is 12.2. The summed E-state index contributed by atoms with van der Waals surface area (Å²) in [6.07, 6.45) is 2.91. The normalized spacial score (nSPS) is 17.7. The fourth-order valence-electron chi connectivity index (χ4n) is 2.71. The molecule has 0 aliphatic carbocycles. The summed E-state index contributed by atoms with van der Waals surface area (Å²) in [6.45, 7) is 2.35. The Morgan fingerprint density at radius 2 is 2.13 bits per heavy atom. The number of aromatic amines is 1. The Labute approximate surface area is 152 Å². The predicted octanol–water partition coefficient (Wildman–Crippen LogP) is 3.07. The number of rotatable bonds is 3. The number of hydrogen-bond acceptors (Lipinski definition) is 3. The highest BCUT2D eigenvalue weighted by Crippen LogP contribution is 2.17. The van der Waals surface area contributed by atoms with Gasteiger partial charge in [-0.3, -0.25) is 4.79 Å². The van der Waals surface area contributed by atoms with Gasteiger partial charge in [-0.2, -0.15) is 0 Å². The molecule has 23 heavy (non-hydrogen) atoms. The third-order valence-electron chi connectivity index (χ3n) is 3.87. The van der Waals surface area contributed by atoms with Crippen LogP contribution in [0.25, 0.3) is 11.0 Å². The zero-order valence-corrected chi connectivity index (χ0v) is 15.0. The Balaban J connectivity index is 0.00000132. The van der Waals surface area contributed by atoms with Crippen LogP contribution < -0.4 is 10.6 Å². The maximum absolute atomic E-state index is 12.2. The van der Waals surface area contributed by atoms with Crippen molar-refractivity contribution in [2.45, 2.75) is 25.8 Å². The Bertz CT molecular complexity index is 639. The van der Waals surface area contributed by atoms with Crippen LogP contribution in [0.15, 0.2) is 18.2 Å². The van der Waals surface area contributed by atoms with Gasteiger partial charge in [-0.15, -0.1) is 24.8 Å². The molecular formula is C15H21Cl3N4O. The van der Waals surface area contributed by atoms with E-state index in [1.165, 1.54) is 0 Å². The average molecular weight is 380 g/mol. The monoisotopic (exact) mass is 378 g/mol. The summed E-state index contributed by atoms with van der Waals surface area (Å²) in [5.41, 5.74) is 1.76. The van der Waals surface area contributed by atoms with E-state index < -0.39 is 0 Å². The van der Waals surface area contributed by atoms with Gasteiger partial charge in [0.15, 0.2) is 0 Å². The van der Waals surface area contributed by atoms with E-state index in [9.17, 15) is 4.79 Å². The zero-order chi connectivity index (χ0) is 14.7. The summed E-state index contributed by atoms with van der Waals surface area (Å²) < 4.78 is 0. The molecule has 1 amide bonds. The van der Waals surface area contributed by atoms with E-state index in [1.54, 1.807) is 0 Å². The lowest BCUT2D eigenvalue weighted by Gasteiger charge is -2.12. The first-order valence-corrected chi connectivity index (χ1v) is 7.73. The number of carbonyl (C=O) groups excluding carboxylic acids is 1. The molecule has 1 aromatic heterocycles. The van der Waals surface area contributed by atoms with E-state index in [0.717, 1.165) is 49.2 Å². The molecule has 5 nitrogen and oxygen atoms in total. The molecule has 8 heteroatoms. The standard InChI is InChI=1S/C15H19ClN4O.2ClH/c16-11-3-4-12-13(8-11)20-14(19-12)9-18-15(21)10-2-1-6-17-7-5-10;;/h3-4,8,10,17H,1-2,5-7,9H2,(H,18,21)(H,19,20);2*1H. The van der Waals surface area contributed by atoms with Gasteiger partial charge in [0.25, 0.3) is 0 Å². The van der Waals surface area contributed by atoms with E-state index in [0.29, 0.717) is 11.6 Å². The number of fused-ring (bicyclic) bond motifs is 1. The molecular weight excluding hydrogens is 359 g/mol. The fourth-order valence-corrected chi connectivity index (χ4v) is 2.89. The molecule has 2 heterocycles. The fraction of sp³-hybridized carbons (Fsp3) is 0.467. The van der Waals surface area contributed by atoms with Crippen molar-refractivity contribution in [3.63, 3.8) is 0 Å². The van der Waals surface area contributed by atoms with Crippen molar-refractivity contribution in [2.24, 2.45) is 5.92 Å². The highest BCUT2D eigenvalue weighted by atomic mass is 35.5. The van der Waals surface area contributed by atoms with Crippen LogP contribution in [-0.4, -0.2) is 29.0 Å². The van der Waals surface area contributed by atoms with Gasteiger partial charge in [0.05, 0.1) is 17.6 Å². The van der Waals surface area contributed by atoms with Crippen molar-refractivity contribution in [1.29, 1.82) is 0 Å². The van der Waals surface area contributed by atoms with Crippen LogP contribution in [0.1, 0.15) is 25.1 Å². The lowest BCUT2D eigenvalue weighted by Crippen LogP contribution is -2.31. The first-order valence-electron chi connectivity index (χ1n) is 7.35. The zero-order valence-electron chi connectivity index (χ0n) is 12.6. The summed E-state index contributed by atoms with van der Waals surface area (Å²) in [4.78, 5) is 19.8. The second-order valence-electron chi connectivity index (χ2n) is 5.44. The molecule has 0 radical (unpaired) electrons. The molecule has 1 aliphatic rings. The summed E-state index contributed by atoms with van der Waals surface area (Å²) in [5.74, 6) is 0.989. The molecule has 0 spiro atoms. The number of hydrogen-bond donors (Lipinski definition) is 3. The number of amides is 1. The Morgan fingerprint density at radius 1 is 1.30 bits per heavy atom. The summed E-state index contributed by atoms with van der Waals surface area (Å²) in [6, 6.07) is 5.52. The number of nitrogens with one attached hydrogen (secondary N) is 3. The quantitative estimate of drug-likeness (QED) is 0.767. The van der Waals surface area contributed by atoms with Crippen LogP contribution in [0.5, 0.6) is 0 Å². The van der Waals surface area contributed by atoms with Gasteiger partial charge in [-0.05, 0) is 50.6 Å². The molecule has 3 rings (SSSR count). The van der Waals surface area contributed by atoms with Crippen molar-refractivity contribution in [2.75, 3.05) is 13.1 Å². The highest BCUT2D eigenvalue weighted by Gasteiger charge is 2.19. The van der Waals surface area contributed by atoms with Gasteiger partial charge in [0.1, 0.15) is 5.82 Å². The van der Waals surface area contributed by atoms with E-state index in [2.05, 4.69) is 20.6 Å². The lowest BCUT2D eigenvalue weighted by molar-refractivity contribution is -0.125. The SMILES string of the molecule is Cl.Cl.O=C(NCc1nc2ccc(Cl)cc2[nH]1)C1CCCNCC1. The second-order valence-corrected chi connectivity index (χ2v) is 5.88. The first kappa shape index (κ1) is 20.0. The van der Waals surface area contributed by atoms with Crippen LogP contribution in [0.2, 0.25) is 5.02 Å². The molecule has 1 atom stereocenters. The minimum atomic E-state index is 0. The largest absolute Gasteiger partial charge is 0.349 e. The average Bonchev–Trinajstić information content (AvgIpc) is 2.69. The van der Waals surface area contributed by atoms with Gasteiger partial charge < -0.3 is 15.6 Å². The Hall–Kier alpha value is -1.01. The van der Waals surface area contributed by atoms with E-state index in [4.69, 9.17) is 11.6 Å².